The van der Waals surface area contributed by atoms with E-state index >= 15 is 0 Å². The molecule has 0 heterocycles. The number of anilines is 1. The van der Waals surface area contributed by atoms with Crippen LogP contribution in [0.2, 0.25) is 0 Å². The van der Waals surface area contributed by atoms with Crippen LogP contribution < -0.4 is 31.7 Å². The van der Waals surface area contributed by atoms with Crippen molar-refractivity contribution >= 4 is 26.6 Å². The van der Waals surface area contributed by atoms with Gasteiger partial charge >= 0.3 is 0 Å². The first-order chi connectivity index (χ1) is 18.2. The van der Waals surface area contributed by atoms with E-state index in [0.29, 0.717) is 0 Å². The molecule has 2 aromatic carbocycles. The second kappa shape index (κ2) is 10.1. The van der Waals surface area contributed by atoms with Gasteiger partial charge in [0.05, 0.1) is 28.9 Å². The maximum Gasteiger partial charge on any atom is 0.296 e. The van der Waals surface area contributed by atoms with Crippen molar-refractivity contribution in [1.82, 2.24) is 0 Å². The summed E-state index contributed by atoms with van der Waals surface area (Å²) in [6, 6.07) is 10.7. The monoisotopic (exact) mass is 537 g/mol. The molecular formula is C27H24FN3O6S. The molecule has 3 aliphatic carbocycles. The van der Waals surface area contributed by atoms with Gasteiger partial charge in [-0.25, -0.2) is 4.39 Å². The molecule has 0 radical (unpaired) electrons. The molecule has 0 spiro atoms. The second-order valence-corrected chi connectivity index (χ2v) is 10.6. The van der Waals surface area contributed by atoms with E-state index in [1.165, 1.54) is 25.3 Å². The van der Waals surface area contributed by atoms with Crippen LogP contribution in [0.1, 0.15) is 32.1 Å². The number of benzene rings is 2. The Hall–Kier alpha value is -3.96. The van der Waals surface area contributed by atoms with E-state index in [-0.39, 0.29) is 44.0 Å². The Bertz CT molecular complexity index is 1960. The number of methoxy groups -OCH3 is 1. The summed E-state index contributed by atoms with van der Waals surface area (Å²) in [6.07, 6.45) is 4.43. The van der Waals surface area contributed by atoms with Gasteiger partial charge in [-0.15, -0.1) is 0 Å². The summed E-state index contributed by atoms with van der Waals surface area (Å²) >= 11 is 0. The standard InChI is InChI=1S/C27H24FN3O6S/c1-37-21-12-11-15(28)13-19(21)30-31-25-22(38(34,35)36)14-20(29-16-7-3-2-4-8-16)23-24(25)27(33)18-10-6-5-9-17(18)26(23)32/h5-6,9-14,16,30H,2-4,7-8H2,1H3,(H,34,35,36). The van der Waals surface area contributed by atoms with E-state index in [1.54, 1.807) is 12.1 Å². The number of nitrogens with zero attached hydrogens (tertiary/aromatic N) is 2. The molecule has 3 aliphatic rings. The van der Waals surface area contributed by atoms with Crippen LogP contribution >= 0.6 is 0 Å². The SMILES string of the molecule is COc1ccc(F)cc1NN=c1c(S(=O)(=O)O)cc(=NC2CCCCC2)c2c(=O)c3ccccc3c(=O)c1=2. The van der Waals surface area contributed by atoms with Crippen LogP contribution in [-0.2, 0) is 10.1 Å². The van der Waals surface area contributed by atoms with Gasteiger partial charge in [0.1, 0.15) is 27.5 Å². The lowest BCUT2D eigenvalue weighted by Gasteiger charge is -2.17. The van der Waals surface area contributed by atoms with E-state index in [0.717, 1.165) is 50.3 Å². The average Bonchev–Trinajstić information content (AvgIpc) is 2.90. The minimum Gasteiger partial charge on any atom is -0.495 e. The van der Waals surface area contributed by atoms with Crippen molar-refractivity contribution in [2.75, 3.05) is 12.5 Å². The van der Waals surface area contributed by atoms with Crippen molar-refractivity contribution in [3.63, 3.8) is 0 Å². The highest BCUT2D eigenvalue weighted by molar-refractivity contribution is 7.85. The van der Waals surface area contributed by atoms with Gasteiger partial charge in [-0.05, 0) is 31.0 Å². The Morgan fingerprint density at radius 2 is 1.63 bits per heavy atom. The Balaban J connectivity index is 1.98. The zero-order chi connectivity index (χ0) is 27.0. The van der Waals surface area contributed by atoms with Crippen LogP contribution in [0.4, 0.5) is 10.1 Å². The molecule has 1 saturated carbocycles. The van der Waals surface area contributed by atoms with Crippen LogP contribution in [0, 0.1) is 16.3 Å². The molecule has 0 amide bonds. The Kier molecular flexibility index (Phi) is 6.80. The predicted molar refractivity (Wildman–Crippen MR) is 139 cm³/mol. The van der Waals surface area contributed by atoms with E-state index in [1.807, 2.05) is 0 Å². The molecule has 0 atom stereocenters. The first kappa shape index (κ1) is 25.7. The summed E-state index contributed by atoms with van der Waals surface area (Å²) in [6.45, 7) is 0. The van der Waals surface area contributed by atoms with Gasteiger partial charge < -0.3 is 4.74 Å². The van der Waals surface area contributed by atoms with Crippen molar-refractivity contribution in [2.24, 2.45) is 10.1 Å². The molecule has 2 N–H and O–H groups in total. The fraction of sp³-hybridized carbons (Fsp3) is 0.259. The number of hydrogen-bond acceptors (Lipinski definition) is 8. The van der Waals surface area contributed by atoms with E-state index in [9.17, 15) is 27.0 Å². The molecule has 1 fully saturated rings. The molecule has 0 saturated heterocycles. The average molecular weight is 538 g/mol. The topological polar surface area (TPSA) is 134 Å². The van der Waals surface area contributed by atoms with E-state index in [4.69, 9.17) is 4.74 Å². The Morgan fingerprint density at radius 1 is 0.974 bits per heavy atom. The number of nitrogens with one attached hydrogen (secondary N) is 1. The van der Waals surface area contributed by atoms with Crippen molar-refractivity contribution in [2.45, 2.75) is 43.0 Å². The maximum atomic E-state index is 13.9. The van der Waals surface area contributed by atoms with Gasteiger partial charge in [-0.3, -0.25) is 24.6 Å². The Morgan fingerprint density at radius 3 is 2.26 bits per heavy atom. The molecule has 2 aromatic rings. The fourth-order valence-electron chi connectivity index (χ4n) is 4.93. The summed E-state index contributed by atoms with van der Waals surface area (Å²) in [4.78, 5) is 31.4. The predicted octanol–water partition coefficient (Wildman–Crippen LogP) is 2.72. The highest BCUT2D eigenvalue weighted by Crippen LogP contribution is 2.24. The van der Waals surface area contributed by atoms with Gasteiger partial charge in [0.25, 0.3) is 10.1 Å². The zero-order valence-corrected chi connectivity index (χ0v) is 21.2. The molecular weight excluding hydrogens is 513 g/mol. The minimum atomic E-state index is -4.94. The van der Waals surface area contributed by atoms with E-state index in [2.05, 4.69) is 15.5 Å². The Labute approximate surface area is 216 Å². The lowest BCUT2D eigenvalue weighted by Crippen LogP contribution is -2.34. The van der Waals surface area contributed by atoms with Crippen LogP contribution in [0.15, 0.2) is 73.1 Å². The summed E-state index contributed by atoms with van der Waals surface area (Å²) in [5.41, 5.74) is 1.42. The van der Waals surface area contributed by atoms with Gasteiger partial charge in [0, 0.05) is 16.8 Å². The third kappa shape index (κ3) is 4.70. The largest absolute Gasteiger partial charge is 0.495 e. The van der Waals surface area contributed by atoms with Gasteiger partial charge in [0.2, 0.25) is 0 Å². The smallest absolute Gasteiger partial charge is 0.296 e. The van der Waals surface area contributed by atoms with Crippen LogP contribution in [0.25, 0.3) is 10.8 Å². The second-order valence-electron chi connectivity index (χ2n) is 9.16. The van der Waals surface area contributed by atoms with Crippen LogP contribution in [-0.4, -0.2) is 26.1 Å². The molecule has 38 heavy (non-hydrogen) atoms. The van der Waals surface area contributed by atoms with Crippen LogP contribution in [0.3, 0.4) is 0 Å². The van der Waals surface area contributed by atoms with Gasteiger partial charge in [-0.1, -0.05) is 43.5 Å². The quantitative estimate of drug-likeness (QED) is 0.295. The zero-order valence-electron chi connectivity index (χ0n) is 20.4. The van der Waals surface area contributed by atoms with Gasteiger partial charge in [0.15, 0.2) is 10.9 Å². The highest BCUT2D eigenvalue weighted by atomic mass is 32.2. The minimum absolute atomic E-state index is 0.00895. The van der Waals surface area contributed by atoms with Crippen LogP contribution in [0.5, 0.6) is 5.75 Å². The molecule has 9 nitrogen and oxygen atoms in total. The van der Waals surface area contributed by atoms with Crippen molar-refractivity contribution in [3.05, 3.63) is 95.9 Å². The number of halogens is 1. The summed E-state index contributed by atoms with van der Waals surface area (Å²) < 4.78 is 54.4. The third-order valence-corrected chi connectivity index (χ3v) is 7.61. The first-order valence-corrected chi connectivity index (χ1v) is 13.5. The number of ether oxygens (including phenoxy) is 1. The van der Waals surface area contributed by atoms with Crippen molar-refractivity contribution in [3.8, 4) is 5.75 Å². The highest BCUT2D eigenvalue weighted by Gasteiger charge is 2.21. The molecule has 5 rings (SSSR count). The number of hydrogen-bond donors (Lipinski definition) is 2. The normalized spacial score (nSPS) is 15.9. The van der Waals surface area contributed by atoms with Gasteiger partial charge in [-0.2, -0.15) is 13.5 Å². The van der Waals surface area contributed by atoms with Crippen molar-refractivity contribution < 1.29 is 22.1 Å². The molecule has 0 bridgehead atoms. The molecule has 196 valence electrons. The molecule has 0 unspecified atom stereocenters. The molecule has 0 aromatic heterocycles. The molecule has 0 aliphatic heterocycles. The van der Waals surface area contributed by atoms with Crippen molar-refractivity contribution in [1.29, 1.82) is 0 Å². The lowest BCUT2D eigenvalue weighted by molar-refractivity contribution is 0.415. The molecule has 11 heteroatoms. The lowest BCUT2D eigenvalue weighted by atomic mass is 9.96. The summed E-state index contributed by atoms with van der Waals surface area (Å²) in [7, 11) is -3.59. The van der Waals surface area contributed by atoms with E-state index < -0.39 is 37.0 Å². The third-order valence-electron chi connectivity index (χ3n) is 6.74. The fourth-order valence-corrected chi connectivity index (χ4v) is 5.59. The summed E-state index contributed by atoms with van der Waals surface area (Å²) in [5, 5.41) is 3.47. The summed E-state index contributed by atoms with van der Waals surface area (Å²) in [5.74, 6) is -0.434. The number of rotatable bonds is 5. The maximum absolute atomic E-state index is 13.9. The number of fused-ring (bicyclic) bond motifs is 1. The first-order valence-electron chi connectivity index (χ1n) is 12.1.